The summed E-state index contributed by atoms with van der Waals surface area (Å²) >= 11 is 0. The normalized spacial score (nSPS) is 10.8. The summed E-state index contributed by atoms with van der Waals surface area (Å²) in [4.78, 5) is 19.2. The first-order chi connectivity index (χ1) is 16.1. The predicted molar refractivity (Wildman–Crippen MR) is 123 cm³/mol. The van der Waals surface area contributed by atoms with Crippen molar-refractivity contribution in [3.63, 3.8) is 0 Å². The van der Waals surface area contributed by atoms with Gasteiger partial charge in [-0.1, -0.05) is 12.1 Å². The quantitative estimate of drug-likeness (QED) is 0.289. The zero-order valence-corrected chi connectivity index (χ0v) is 17.0. The number of fused-ring (bicyclic) bond motifs is 1. The van der Waals surface area contributed by atoms with Crippen LogP contribution < -0.4 is 15.8 Å². The lowest BCUT2D eigenvalue weighted by molar-refractivity contribution is 0.443. The molecular weight excluding hydrogens is 425 g/mol. The number of nitroso groups, excluding NO2 is 1. The average Bonchev–Trinajstić information content (AvgIpc) is 3.28. The van der Waals surface area contributed by atoms with Crippen LogP contribution in [0.1, 0.15) is 0 Å². The minimum absolute atomic E-state index is 0.0227. The van der Waals surface area contributed by atoms with E-state index in [-0.39, 0.29) is 17.4 Å². The van der Waals surface area contributed by atoms with Gasteiger partial charge in [0, 0.05) is 28.8 Å². The van der Waals surface area contributed by atoms with Crippen molar-refractivity contribution in [2.24, 2.45) is 5.18 Å². The number of halogens is 1. The van der Waals surface area contributed by atoms with Crippen LogP contribution >= 0.6 is 0 Å². The summed E-state index contributed by atoms with van der Waals surface area (Å²) < 4.78 is 20.4. The van der Waals surface area contributed by atoms with Crippen molar-refractivity contribution < 1.29 is 9.13 Å². The number of nitrogens with two attached hydrogens (primary N) is 1. The molecule has 0 unspecified atom stereocenters. The molecular formula is C23H16FN7O2. The summed E-state index contributed by atoms with van der Waals surface area (Å²) in [6.45, 7) is 0. The third kappa shape index (κ3) is 4.30. The van der Waals surface area contributed by atoms with Crippen molar-refractivity contribution in [1.82, 2.24) is 20.2 Å². The molecule has 5 aromatic rings. The van der Waals surface area contributed by atoms with Gasteiger partial charge in [0.15, 0.2) is 11.6 Å². The highest BCUT2D eigenvalue weighted by atomic mass is 19.1. The third-order valence-electron chi connectivity index (χ3n) is 4.83. The number of nitrogen functional groups attached to an aromatic ring is 1. The number of aromatic nitrogens is 4. The standard InChI is InChI=1S/C23H16FN7O2/c24-18-10-15(4-7-21(18)33-17-5-6-19-14(9-17)12-26-30-19)27-22-11-20(28-23(25)29-22)13-2-1-3-16(8-13)31-32/h1-12H,(H,26,30)(H3,25,27,28,29). The fraction of sp³-hybridized carbons (Fsp3) is 0. The zero-order valence-electron chi connectivity index (χ0n) is 17.0. The summed E-state index contributed by atoms with van der Waals surface area (Å²) in [6.07, 6.45) is 1.67. The van der Waals surface area contributed by atoms with E-state index in [9.17, 15) is 9.30 Å². The molecule has 162 valence electrons. The molecule has 0 aliphatic heterocycles. The molecule has 5 rings (SSSR count). The fourth-order valence-corrected chi connectivity index (χ4v) is 3.32. The second kappa shape index (κ2) is 8.35. The number of ether oxygens (including phenoxy) is 1. The van der Waals surface area contributed by atoms with E-state index in [0.29, 0.717) is 28.5 Å². The molecule has 9 nitrogen and oxygen atoms in total. The van der Waals surface area contributed by atoms with Gasteiger partial charge in [-0.2, -0.15) is 10.1 Å². The maximum atomic E-state index is 14.7. The number of H-pyrrole nitrogens is 1. The molecule has 0 atom stereocenters. The summed E-state index contributed by atoms with van der Waals surface area (Å²) in [5.41, 5.74) is 8.55. The predicted octanol–water partition coefficient (Wildman–Crippen LogP) is 5.68. The van der Waals surface area contributed by atoms with E-state index in [2.05, 4.69) is 30.7 Å². The molecule has 0 aliphatic rings. The molecule has 0 amide bonds. The molecule has 3 aromatic carbocycles. The second-order valence-corrected chi connectivity index (χ2v) is 7.13. The van der Waals surface area contributed by atoms with Crippen molar-refractivity contribution >= 4 is 34.0 Å². The number of anilines is 3. The molecule has 0 saturated carbocycles. The molecule has 0 bridgehead atoms. The lowest BCUT2D eigenvalue weighted by Crippen LogP contribution is -2.02. The first-order valence-corrected chi connectivity index (χ1v) is 9.83. The minimum atomic E-state index is -0.556. The highest BCUT2D eigenvalue weighted by Gasteiger charge is 2.10. The van der Waals surface area contributed by atoms with Gasteiger partial charge in [-0.05, 0) is 47.6 Å². The third-order valence-corrected chi connectivity index (χ3v) is 4.83. The van der Waals surface area contributed by atoms with Crippen molar-refractivity contribution in [3.05, 3.63) is 83.7 Å². The van der Waals surface area contributed by atoms with Crippen molar-refractivity contribution in [1.29, 1.82) is 0 Å². The van der Waals surface area contributed by atoms with E-state index >= 15 is 0 Å². The largest absolute Gasteiger partial charge is 0.454 e. The summed E-state index contributed by atoms with van der Waals surface area (Å²) in [5.74, 6) is 0.391. The van der Waals surface area contributed by atoms with E-state index in [1.807, 2.05) is 6.07 Å². The maximum Gasteiger partial charge on any atom is 0.222 e. The van der Waals surface area contributed by atoms with Crippen LogP contribution in [0.15, 0.2) is 78.1 Å². The van der Waals surface area contributed by atoms with Gasteiger partial charge in [0.05, 0.1) is 17.4 Å². The Kier molecular flexibility index (Phi) is 5.07. The molecule has 0 spiro atoms. The first kappa shape index (κ1) is 20.1. The summed E-state index contributed by atoms with van der Waals surface area (Å²) in [5, 5.41) is 13.6. The van der Waals surface area contributed by atoms with Crippen molar-refractivity contribution in [3.8, 4) is 22.8 Å². The monoisotopic (exact) mass is 441 g/mol. The van der Waals surface area contributed by atoms with Crippen LogP contribution in [0.4, 0.5) is 27.5 Å². The fourth-order valence-electron chi connectivity index (χ4n) is 3.32. The molecule has 2 heterocycles. The highest BCUT2D eigenvalue weighted by Crippen LogP contribution is 2.30. The van der Waals surface area contributed by atoms with Gasteiger partial charge < -0.3 is 15.8 Å². The van der Waals surface area contributed by atoms with Crippen LogP contribution in [-0.2, 0) is 0 Å². The lowest BCUT2D eigenvalue weighted by atomic mass is 10.1. The lowest BCUT2D eigenvalue weighted by Gasteiger charge is -2.11. The molecule has 4 N–H and O–H groups in total. The topological polar surface area (TPSA) is 131 Å². The van der Waals surface area contributed by atoms with Crippen LogP contribution in [0.3, 0.4) is 0 Å². The number of nitrogens with one attached hydrogen (secondary N) is 2. The van der Waals surface area contributed by atoms with Gasteiger partial charge in [0.25, 0.3) is 0 Å². The Hall–Kier alpha value is -4.86. The first-order valence-electron chi connectivity index (χ1n) is 9.83. The Labute approximate surface area is 186 Å². The Morgan fingerprint density at radius 3 is 2.79 bits per heavy atom. The van der Waals surface area contributed by atoms with Crippen LogP contribution in [0.2, 0.25) is 0 Å². The summed E-state index contributed by atoms with van der Waals surface area (Å²) in [7, 11) is 0. The van der Waals surface area contributed by atoms with Gasteiger partial charge in [0.1, 0.15) is 17.3 Å². The summed E-state index contributed by atoms with van der Waals surface area (Å²) in [6, 6.07) is 18.0. The van der Waals surface area contributed by atoms with E-state index in [0.717, 1.165) is 10.9 Å². The SMILES string of the molecule is Nc1nc(Nc2ccc(Oc3ccc4[nH]ncc4c3)c(F)c2)cc(-c2cccc(N=O)c2)n1. The van der Waals surface area contributed by atoms with Gasteiger partial charge in [-0.15, -0.1) is 4.91 Å². The van der Waals surface area contributed by atoms with Gasteiger partial charge in [-0.25, -0.2) is 9.37 Å². The van der Waals surface area contributed by atoms with Crippen LogP contribution in [-0.4, -0.2) is 20.2 Å². The van der Waals surface area contributed by atoms with E-state index in [4.69, 9.17) is 10.5 Å². The van der Waals surface area contributed by atoms with Gasteiger partial charge in [0.2, 0.25) is 5.95 Å². The van der Waals surface area contributed by atoms with Crippen LogP contribution in [0, 0.1) is 10.7 Å². The Balaban J connectivity index is 1.37. The van der Waals surface area contributed by atoms with Crippen molar-refractivity contribution in [2.75, 3.05) is 11.1 Å². The van der Waals surface area contributed by atoms with Gasteiger partial charge >= 0.3 is 0 Å². The van der Waals surface area contributed by atoms with E-state index in [1.54, 1.807) is 54.7 Å². The number of rotatable bonds is 6. The molecule has 2 aromatic heterocycles. The minimum Gasteiger partial charge on any atom is -0.454 e. The Morgan fingerprint density at radius 2 is 1.94 bits per heavy atom. The Bertz CT molecular complexity index is 1490. The molecule has 33 heavy (non-hydrogen) atoms. The smallest absolute Gasteiger partial charge is 0.222 e. The van der Waals surface area contributed by atoms with E-state index < -0.39 is 5.82 Å². The molecule has 0 radical (unpaired) electrons. The zero-order chi connectivity index (χ0) is 22.8. The molecule has 0 fully saturated rings. The van der Waals surface area contributed by atoms with Crippen LogP contribution in [0.25, 0.3) is 22.2 Å². The number of hydrogen-bond acceptors (Lipinski definition) is 8. The van der Waals surface area contributed by atoms with E-state index in [1.165, 1.54) is 12.1 Å². The molecule has 10 heteroatoms. The van der Waals surface area contributed by atoms with Crippen molar-refractivity contribution in [2.45, 2.75) is 0 Å². The highest BCUT2D eigenvalue weighted by molar-refractivity contribution is 5.79. The Morgan fingerprint density at radius 1 is 1.03 bits per heavy atom. The number of aromatic amines is 1. The van der Waals surface area contributed by atoms with Crippen LogP contribution in [0.5, 0.6) is 11.5 Å². The van der Waals surface area contributed by atoms with Gasteiger partial charge in [-0.3, -0.25) is 5.10 Å². The molecule has 0 aliphatic carbocycles. The molecule has 0 saturated heterocycles. The number of hydrogen-bond donors (Lipinski definition) is 3. The average molecular weight is 441 g/mol. The number of benzene rings is 3. The second-order valence-electron chi connectivity index (χ2n) is 7.13. The number of nitrogens with zero attached hydrogens (tertiary/aromatic N) is 4. The maximum absolute atomic E-state index is 14.7.